The van der Waals surface area contributed by atoms with Crippen molar-refractivity contribution in [2.75, 3.05) is 47.2 Å². The Morgan fingerprint density at radius 1 is 0.870 bits per heavy atom. The van der Waals surface area contributed by atoms with Gasteiger partial charge in [-0.3, -0.25) is 9.78 Å². The Balaban J connectivity index is 0.983. The lowest BCUT2D eigenvalue weighted by Gasteiger charge is -2.13. The van der Waals surface area contributed by atoms with Gasteiger partial charge in [-0.05, 0) is 60.5 Å². The molecule has 0 unspecified atom stereocenters. The van der Waals surface area contributed by atoms with Crippen LogP contribution in [-0.4, -0.2) is 58.1 Å². The molecule has 0 aliphatic carbocycles. The van der Waals surface area contributed by atoms with Gasteiger partial charge in [0, 0.05) is 47.2 Å². The first-order valence-corrected chi connectivity index (χ1v) is 15.9. The smallest absolute Gasteiger partial charge is 0.251 e. The lowest BCUT2D eigenvalue weighted by molar-refractivity contribution is 0.0878. The Morgan fingerprint density at radius 3 is 2.54 bits per heavy atom. The van der Waals surface area contributed by atoms with Gasteiger partial charge in [-0.15, -0.1) is 11.3 Å². The number of hydrogen-bond donors (Lipinski definition) is 1. The Hall–Kier alpha value is -4.51. The van der Waals surface area contributed by atoms with Gasteiger partial charge in [0.15, 0.2) is 11.5 Å². The Labute approximate surface area is 272 Å². The van der Waals surface area contributed by atoms with Gasteiger partial charge in [0.1, 0.15) is 18.2 Å². The number of benzene rings is 3. The summed E-state index contributed by atoms with van der Waals surface area (Å²) in [5.74, 6) is 1.41. The average molecular weight is 645 g/mol. The Bertz CT molecular complexity index is 1730. The number of carbonyl (C=O) groups is 1. The van der Waals surface area contributed by atoms with E-state index in [2.05, 4.69) is 5.32 Å². The molecule has 240 valence electrons. The number of halogens is 1. The van der Waals surface area contributed by atoms with Crippen molar-refractivity contribution in [3.63, 3.8) is 0 Å². The predicted molar refractivity (Wildman–Crippen MR) is 178 cm³/mol. The summed E-state index contributed by atoms with van der Waals surface area (Å²) in [6.07, 6.45) is 1.32. The molecule has 0 radical (unpaired) electrons. The van der Waals surface area contributed by atoms with Crippen molar-refractivity contribution in [3.05, 3.63) is 107 Å². The zero-order valence-electron chi connectivity index (χ0n) is 25.9. The molecule has 0 saturated heterocycles. The van der Waals surface area contributed by atoms with Crippen LogP contribution in [0.3, 0.4) is 0 Å². The van der Waals surface area contributed by atoms with Crippen LogP contribution in [0.4, 0.5) is 4.39 Å². The summed E-state index contributed by atoms with van der Waals surface area (Å²) in [7, 11) is 3.18. The largest absolute Gasteiger partial charge is 0.497 e. The second-order valence-electron chi connectivity index (χ2n) is 10.4. The number of fused-ring (bicyclic) bond motifs is 1. The first kappa shape index (κ1) is 32.9. The SMILES string of the molecule is COc1ccc(COCCOc2ccc(C(=O)NCCCOCCc3cccc(-c4csc5c(F)cccc45)n3)cc2OC)cc1. The molecule has 0 fully saturated rings. The quantitative estimate of drug-likeness (QED) is 0.108. The fourth-order valence-corrected chi connectivity index (χ4v) is 5.77. The van der Waals surface area contributed by atoms with Gasteiger partial charge < -0.3 is 29.0 Å². The van der Waals surface area contributed by atoms with Crippen molar-refractivity contribution < 1.29 is 32.9 Å². The highest BCUT2D eigenvalue weighted by atomic mass is 32.1. The van der Waals surface area contributed by atoms with Crippen molar-refractivity contribution in [1.82, 2.24) is 10.3 Å². The van der Waals surface area contributed by atoms with E-state index in [0.29, 0.717) is 74.2 Å². The summed E-state index contributed by atoms with van der Waals surface area (Å²) < 4.78 is 42.7. The molecule has 2 heterocycles. The molecular weight excluding hydrogens is 607 g/mol. The van der Waals surface area contributed by atoms with E-state index < -0.39 is 0 Å². The monoisotopic (exact) mass is 644 g/mol. The number of hydrogen-bond acceptors (Lipinski definition) is 8. The van der Waals surface area contributed by atoms with E-state index >= 15 is 0 Å². The van der Waals surface area contributed by atoms with Crippen molar-refractivity contribution in [1.29, 1.82) is 0 Å². The molecular formula is C36H37FN2O6S. The molecule has 0 atom stereocenters. The van der Waals surface area contributed by atoms with Gasteiger partial charge in [-0.2, -0.15) is 0 Å². The third-order valence-corrected chi connectivity index (χ3v) is 8.23. The molecule has 5 aromatic rings. The number of pyridine rings is 1. The molecule has 3 aromatic carbocycles. The number of methoxy groups -OCH3 is 2. The van der Waals surface area contributed by atoms with Crippen LogP contribution in [0.25, 0.3) is 21.3 Å². The first-order chi connectivity index (χ1) is 22.6. The summed E-state index contributed by atoms with van der Waals surface area (Å²) in [4.78, 5) is 17.5. The van der Waals surface area contributed by atoms with E-state index in [1.165, 1.54) is 17.4 Å². The number of amides is 1. The first-order valence-electron chi connectivity index (χ1n) is 15.0. The molecule has 10 heteroatoms. The number of aromatic nitrogens is 1. The molecule has 1 amide bonds. The van der Waals surface area contributed by atoms with Crippen molar-refractivity contribution in [2.24, 2.45) is 0 Å². The number of carbonyl (C=O) groups excluding carboxylic acids is 1. The van der Waals surface area contributed by atoms with Crippen LogP contribution in [0.2, 0.25) is 0 Å². The number of nitrogens with one attached hydrogen (secondary N) is 1. The molecule has 0 bridgehead atoms. The molecule has 8 nitrogen and oxygen atoms in total. The molecule has 2 aromatic heterocycles. The summed E-state index contributed by atoms with van der Waals surface area (Å²) in [5.41, 5.74) is 4.19. The number of ether oxygens (including phenoxy) is 5. The second kappa shape index (κ2) is 16.7. The predicted octanol–water partition coefficient (Wildman–Crippen LogP) is 7.09. The van der Waals surface area contributed by atoms with Gasteiger partial charge in [0.25, 0.3) is 5.91 Å². The lowest BCUT2D eigenvalue weighted by atomic mass is 10.1. The molecule has 0 spiro atoms. The fraction of sp³-hybridized carbons (Fsp3) is 0.278. The van der Waals surface area contributed by atoms with Crippen molar-refractivity contribution in [3.8, 4) is 28.5 Å². The van der Waals surface area contributed by atoms with Crippen molar-refractivity contribution in [2.45, 2.75) is 19.4 Å². The van der Waals surface area contributed by atoms with Gasteiger partial charge in [-0.1, -0.05) is 30.3 Å². The number of nitrogens with zero attached hydrogens (tertiary/aromatic N) is 1. The van der Waals surface area contributed by atoms with Crippen LogP contribution < -0.4 is 19.5 Å². The summed E-state index contributed by atoms with van der Waals surface area (Å²) in [6, 6.07) is 23.8. The highest BCUT2D eigenvalue weighted by Gasteiger charge is 2.13. The minimum Gasteiger partial charge on any atom is -0.497 e. The average Bonchev–Trinajstić information content (AvgIpc) is 3.53. The van der Waals surface area contributed by atoms with E-state index in [9.17, 15) is 9.18 Å². The van der Waals surface area contributed by atoms with E-state index in [1.54, 1.807) is 38.5 Å². The number of rotatable bonds is 17. The maximum atomic E-state index is 14.1. The minimum atomic E-state index is -0.212. The van der Waals surface area contributed by atoms with E-state index in [-0.39, 0.29) is 11.7 Å². The van der Waals surface area contributed by atoms with E-state index in [4.69, 9.17) is 28.7 Å². The van der Waals surface area contributed by atoms with Gasteiger partial charge >= 0.3 is 0 Å². The van der Waals surface area contributed by atoms with Gasteiger partial charge in [0.05, 0.1) is 44.4 Å². The maximum Gasteiger partial charge on any atom is 0.251 e. The summed E-state index contributed by atoms with van der Waals surface area (Å²) in [6.45, 7) is 2.70. The van der Waals surface area contributed by atoms with Crippen LogP contribution in [0.5, 0.6) is 17.2 Å². The topological polar surface area (TPSA) is 88.1 Å². The maximum absolute atomic E-state index is 14.1. The van der Waals surface area contributed by atoms with E-state index in [0.717, 1.165) is 33.7 Å². The van der Waals surface area contributed by atoms with Crippen LogP contribution in [0.1, 0.15) is 28.0 Å². The molecule has 5 rings (SSSR count). The van der Waals surface area contributed by atoms with Crippen LogP contribution in [0, 0.1) is 5.82 Å². The summed E-state index contributed by atoms with van der Waals surface area (Å²) in [5, 5.41) is 5.75. The minimum absolute atomic E-state index is 0.200. The highest BCUT2D eigenvalue weighted by Crippen LogP contribution is 2.34. The number of thiophene rings is 1. The molecule has 0 aliphatic rings. The zero-order valence-corrected chi connectivity index (χ0v) is 26.7. The van der Waals surface area contributed by atoms with Gasteiger partial charge in [0.2, 0.25) is 0 Å². The van der Waals surface area contributed by atoms with Crippen LogP contribution >= 0.6 is 11.3 Å². The normalized spacial score (nSPS) is 11.0. The van der Waals surface area contributed by atoms with Crippen molar-refractivity contribution >= 4 is 27.3 Å². The van der Waals surface area contributed by atoms with E-state index in [1.807, 2.05) is 53.9 Å². The van der Waals surface area contributed by atoms with Crippen LogP contribution in [0.15, 0.2) is 84.2 Å². The standard InChI is InChI=1S/C36H37FN2O6S/c1-41-28-13-10-25(11-14-28)23-44-20-21-45-33-15-12-26(22-34(33)42-2)36(40)38-17-5-18-43-19-16-27-6-3-9-32(39-27)30-24-46-35-29(30)7-4-8-31(35)37/h3-4,6-15,22,24H,5,16-21,23H2,1-2H3,(H,38,40). The Kier molecular flexibility index (Phi) is 11.9. The third-order valence-electron chi connectivity index (χ3n) is 7.23. The van der Waals surface area contributed by atoms with Gasteiger partial charge in [-0.25, -0.2) is 4.39 Å². The zero-order chi connectivity index (χ0) is 32.1. The lowest BCUT2D eigenvalue weighted by Crippen LogP contribution is -2.25. The summed E-state index contributed by atoms with van der Waals surface area (Å²) >= 11 is 1.39. The molecule has 0 aliphatic heterocycles. The molecule has 46 heavy (non-hydrogen) atoms. The Morgan fingerprint density at radius 2 is 1.72 bits per heavy atom. The third kappa shape index (κ3) is 8.81. The molecule has 0 saturated carbocycles. The van der Waals surface area contributed by atoms with Crippen LogP contribution in [-0.2, 0) is 22.5 Å². The fourth-order valence-electron chi connectivity index (χ4n) is 4.80. The second-order valence-corrected chi connectivity index (χ2v) is 11.2. The highest BCUT2D eigenvalue weighted by molar-refractivity contribution is 7.17. The molecule has 1 N–H and O–H groups in total.